The Morgan fingerprint density at radius 1 is 1.54 bits per heavy atom. The Morgan fingerprint density at radius 3 is 3.00 bits per heavy atom. The van der Waals surface area contributed by atoms with Gasteiger partial charge in [0.2, 0.25) is 0 Å². The molecule has 0 saturated heterocycles. The van der Waals surface area contributed by atoms with E-state index in [1.807, 2.05) is 6.20 Å². The van der Waals surface area contributed by atoms with E-state index in [1.54, 1.807) is 0 Å². The highest BCUT2D eigenvalue weighted by Crippen LogP contribution is 2.16. The van der Waals surface area contributed by atoms with Gasteiger partial charge in [-0.25, -0.2) is 9.50 Å². The molecule has 0 aliphatic rings. The van der Waals surface area contributed by atoms with Crippen molar-refractivity contribution >= 4 is 5.65 Å². The highest BCUT2D eigenvalue weighted by molar-refractivity contribution is 5.47. The molecule has 13 heavy (non-hydrogen) atoms. The Bertz CT molecular complexity index is 481. The van der Waals surface area contributed by atoms with Crippen molar-refractivity contribution in [2.24, 2.45) is 0 Å². The van der Waals surface area contributed by atoms with Crippen molar-refractivity contribution in [3.05, 3.63) is 34.4 Å². The maximum atomic E-state index is 11.3. The van der Waals surface area contributed by atoms with Crippen LogP contribution in [-0.4, -0.2) is 14.6 Å². The zero-order chi connectivity index (χ0) is 9.42. The molecule has 0 bridgehead atoms. The predicted molar refractivity (Wildman–Crippen MR) is 49.9 cm³/mol. The summed E-state index contributed by atoms with van der Waals surface area (Å²) in [4.78, 5) is 15.5. The highest BCUT2D eigenvalue weighted by Gasteiger charge is 2.08. The van der Waals surface area contributed by atoms with E-state index in [0.717, 1.165) is 11.2 Å². The molecule has 0 saturated carbocycles. The molecule has 2 aromatic heterocycles. The quantitative estimate of drug-likeness (QED) is 0.710. The molecule has 4 heteroatoms. The third kappa shape index (κ3) is 1.14. The molecular formula is C9H11N3O. The standard InChI is InChI=1S/C9H11N3O/c1-6(2)7-5-11-12-8(13)3-4-10-9(7)12/h3-6,11H,1-2H3. The smallest absolute Gasteiger partial charge is 0.272 e. The molecule has 0 fully saturated rings. The lowest BCUT2D eigenvalue weighted by molar-refractivity contribution is 0.870. The minimum absolute atomic E-state index is 0.0723. The number of rotatable bonds is 1. The van der Waals surface area contributed by atoms with E-state index >= 15 is 0 Å². The van der Waals surface area contributed by atoms with E-state index in [9.17, 15) is 4.79 Å². The Labute approximate surface area is 75.2 Å². The van der Waals surface area contributed by atoms with Gasteiger partial charge in [0.1, 0.15) is 0 Å². The fourth-order valence-electron chi connectivity index (χ4n) is 1.36. The molecule has 0 radical (unpaired) electrons. The van der Waals surface area contributed by atoms with Gasteiger partial charge in [-0.15, -0.1) is 0 Å². The summed E-state index contributed by atoms with van der Waals surface area (Å²) < 4.78 is 1.45. The summed E-state index contributed by atoms with van der Waals surface area (Å²) in [6.45, 7) is 4.14. The van der Waals surface area contributed by atoms with Crippen LogP contribution in [0.25, 0.3) is 5.65 Å². The van der Waals surface area contributed by atoms with Gasteiger partial charge in [0.05, 0.1) is 0 Å². The van der Waals surface area contributed by atoms with Crippen molar-refractivity contribution in [2.45, 2.75) is 19.8 Å². The molecule has 0 unspecified atom stereocenters. The molecule has 0 spiro atoms. The summed E-state index contributed by atoms with van der Waals surface area (Å²) in [5.41, 5.74) is 1.72. The largest absolute Gasteiger partial charge is 0.297 e. The zero-order valence-corrected chi connectivity index (χ0v) is 7.61. The first-order valence-electron chi connectivity index (χ1n) is 4.25. The number of aromatic nitrogens is 3. The van der Waals surface area contributed by atoms with Gasteiger partial charge in [-0.3, -0.25) is 9.89 Å². The fourth-order valence-corrected chi connectivity index (χ4v) is 1.36. The van der Waals surface area contributed by atoms with Crippen molar-refractivity contribution in [2.75, 3.05) is 0 Å². The second-order valence-electron chi connectivity index (χ2n) is 3.33. The van der Waals surface area contributed by atoms with Crippen LogP contribution in [0.2, 0.25) is 0 Å². The Morgan fingerprint density at radius 2 is 2.31 bits per heavy atom. The number of nitrogens with one attached hydrogen (secondary N) is 1. The fraction of sp³-hybridized carbons (Fsp3) is 0.333. The first kappa shape index (κ1) is 8.04. The van der Waals surface area contributed by atoms with Gasteiger partial charge in [0, 0.05) is 24.0 Å². The van der Waals surface area contributed by atoms with Crippen LogP contribution in [0.1, 0.15) is 25.3 Å². The Kier molecular flexibility index (Phi) is 1.69. The van der Waals surface area contributed by atoms with Gasteiger partial charge >= 0.3 is 0 Å². The first-order chi connectivity index (χ1) is 6.20. The monoisotopic (exact) mass is 177 g/mol. The molecule has 0 aliphatic heterocycles. The van der Waals surface area contributed by atoms with Crippen LogP contribution in [0, 0.1) is 0 Å². The van der Waals surface area contributed by atoms with Crippen molar-refractivity contribution in [3.8, 4) is 0 Å². The molecule has 1 N–H and O–H groups in total. The summed E-state index contributed by atoms with van der Waals surface area (Å²) in [5.74, 6) is 0.371. The topological polar surface area (TPSA) is 50.2 Å². The Balaban J connectivity index is 2.83. The number of nitrogens with zero attached hydrogens (tertiary/aromatic N) is 2. The lowest BCUT2D eigenvalue weighted by Gasteiger charge is -1.99. The summed E-state index contributed by atoms with van der Waals surface area (Å²) in [6.07, 6.45) is 3.37. The second kappa shape index (κ2) is 2.73. The van der Waals surface area contributed by atoms with Gasteiger partial charge in [0.15, 0.2) is 5.65 Å². The van der Waals surface area contributed by atoms with Crippen LogP contribution in [-0.2, 0) is 0 Å². The number of H-pyrrole nitrogens is 1. The van der Waals surface area contributed by atoms with E-state index in [4.69, 9.17) is 0 Å². The third-order valence-electron chi connectivity index (χ3n) is 2.08. The Hall–Kier alpha value is -1.58. The van der Waals surface area contributed by atoms with Crippen LogP contribution in [0.15, 0.2) is 23.3 Å². The van der Waals surface area contributed by atoms with Gasteiger partial charge in [-0.05, 0) is 5.92 Å². The van der Waals surface area contributed by atoms with Crippen LogP contribution in [0.5, 0.6) is 0 Å². The molecular weight excluding hydrogens is 166 g/mol. The number of aromatic amines is 1. The SMILES string of the molecule is CC(C)c1c[nH]n2c(=O)ccnc12. The van der Waals surface area contributed by atoms with Gasteiger partial charge in [0.25, 0.3) is 5.56 Å². The molecule has 2 aromatic rings. The van der Waals surface area contributed by atoms with E-state index in [1.165, 1.54) is 16.8 Å². The maximum absolute atomic E-state index is 11.3. The van der Waals surface area contributed by atoms with Crippen molar-refractivity contribution < 1.29 is 0 Å². The van der Waals surface area contributed by atoms with Gasteiger partial charge in [-0.2, -0.15) is 0 Å². The summed E-state index contributed by atoms with van der Waals surface area (Å²) in [7, 11) is 0. The number of hydrogen-bond acceptors (Lipinski definition) is 2. The number of fused-ring (bicyclic) bond motifs is 1. The van der Waals surface area contributed by atoms with Crippen LogP contribution in [0.3, 0.4) is 0 Å². The average Bonchev–Trinajstić information content (AvgIpc) is 2.48. The highest BCUT2D eigenvalue weighted by atomic mass is 16.1. The molecule has 4 nitrogen and oxygen atoms in total. The molecule has 0 aliphatic carbocycles. The summed E-state index contributed by atoms with van der Waals surface area (Å²) >= 11 is 0. The van der Waals surface area contributed by atoms with Crippen molar-refractivity contribution in [1.29, 1.82) is 0 Å². The average molecular weight is 177 g/mol. The maximum Gasteiger partial charge on any atom is 0.272 e. The molecule has 0 atom stereocenters. The zero-order valence-electron chi connectivity index (χ0n) is 7.61. The van der Waals surface area contributed by atoms with Gasteiger partial charge in [-0.1, -0.05) is 13.8 Å². The second-order valence-corrected chi connectivity index (χ2v) is 3.33. The molecule has 2 heterocycles. The molecule has 2 rings (SSSR count). The van der Waals surface area contributed by atoms with Crippen LogP contribution >= 0.6 is 0 Å². The van der Waals surface area contributed by atoms with Gasteiger partial charge < -0.3 is 0 Å². The lowest BCUT2D eigenvalue weighted by Crippen LogP contribution is -2.12. The van der Waals surface area contributed by atoms with E-state index in [-0.39, 0.29) is 5.56 Å². The van der Waals surface area contributed by atoms with Crippen LogP contribution in [0.4, 0.5) is 0 Å². The first-order valence-corrected chi connectivity index (χ1v) is 4.25. The summed E-state index contributed by atoms with van der Waals surface area (Å²) in [6, 6.07) is 1.44. The van der Waals surface area contributed by atoms with Crippen molar-refractivity contribution in [1.82, 2.24) is 14.6 Å². The van der Waals surface area contributed by atoms with Crippen molar-refractivity contribution in [3.63, 3.8) is 0 Å². The molecule has 0 amide bonds. The lowest BCUT2D eigenvalue weighted by atomic mass is 10.1. The normalized spacial score (nSPS) is 11.3. The van der Waals surface area contributed by atoms with E-state index < -0.39 is 0 Å². The predicted octanol–water partition coefficient (Wildman–Crippen LogP) is 1.15. The summed E-state index contributed by atoms with van der Waals surface area (Å²) in [5, 5.41) is 2.88. The minimum atomic E-state index is -0.0723. The third-order valence-corrected chi connectivity index (χ3v) is 2.08. The number of hydrogen-bond donors (Lipinski definition) is 1. The van der Waals surface area contributed by atoms with Crippen LogP contribution < -0.4 is 5.56 Å². The minimum Gasteiger partial charge on any atom is -0.297 e. The molecule has 0 aromatic carbocycles. The van der Waals surface area contributed by atoms with E-state index in [0.29, 0.717) is 5.92 Å². The van der Waals surface area contributed by atoms with E-state index in [2.05, 4.69) is 23.9 Å². The molecule has 68 valence electrons.